The molecular formula is C27H51BrO3Si2. The van der Waals surface area contributed by atoms with E-state index in [0.29, 0.717) is 0 Å². The Hall–Kier alpha value is -0.306. The predicted molar refractivity (Wildman–Crippen MR) is 153 cm³/mol. The molecule has 0 amide bonds. The van der Waals surface area contributed by atoms with Crippen LogP contribution in [0.2, 0.25) is 36.3 Å². The van der Waals surface area contributed by atoms with Gasteiger partial charge in [0.05, 0.1) is 6.61 Å². The maximum atomic E-state index is 6.91. The number of halogens is 1. The van der Waals surface area contributed by atoms with Crippen molar-refractivity contribution in [1.29, 1.82) is 0 Å². The molecule has 0 aliphatic carbocycles. The molecule has 1 aromatic rings. The van der Waals surface area contributed by atoms with Gasteiger partial charge in [-0.1, -0.05) is 84.7 Å². The van der Waals surface area contributed by atoms with Gasteiger partial charge in [0, 0.05) is 22.7 Å². The number of hydrogen-bond acceptors (Lipinski definition) is 3. The van der Waals surface area contributed by atoms with E-state index in [1.807, 2.05) is 0 Å². The van der Waals surface area contributed by atoms with Gasteiger partial charge in [-0.25, -0.2) is 0 Å². The maximum absolute atomic E-state index is 6.91. The first kappa shape index (κ1) is 30.7. The molecule has 33 heavy (non-hydrogen) atoms. The molecule has 3 nitrogen and oxygen atoms in total. The van der Waals surface area contributed by atoms with Crippen molar-refractivity contribution in [3.63, 3.8) is 0 Å². The highest BCUT2D eigenvalue weighted by molar-refractivity contribution is 9.10. The van der Waals surface area contributed by atoms with Crippen LogP contribution in [-0.4, -0.2) is 29.8 Å². The van der Waals surface area contributed by atoms with Crippen LogP contribution in [0.4, 0.5) is 0 Å². The van der Waals surface area contributed by atoms with Crippen LogP contribution in [0.5, 0.6) is 11.5 Å². The molecule has 0 saturated heterocycles. The summed E-state index contributed by atoms with van der Waals surface area (Å²) >= 11 is 3.89. The first-order valence-corrected chi connectivity index (χ1v) is 19.2. The second-order valence-corrected chi connectivity index (χ2v) is 23.5. The van der Waals surface area contributed by atoms with Crippen LogP contribution in [0.3, 0.4) is 0 Å². The van der Waals surface area contributed by atoms with Crippen molar-refractivity contribution in [2.45, 2.75) is 123 Å². The molecule has 0 bridgehead atoms. The standard InChI is InChI=1S/C27H51BrO3Si2/c1-14-15-17-29-21-19-22(28)24(23(20-21)31-33(12,13)26(5,6)7)27(8,9)16-18-30-32(10,11)25(2,3)4/h19-20H,14-18H2,1-13H3. The van der Waals surface area contributed by atoms with Crippen molar-refractivity contribution in [1.82, 2.24) is 0 Å². The van der Waals surface area contributed by atoms with Gasteiger partial charge in [-0.05, 0) is 60.6 Å². The lowest BCUT2D eigenvalue weighted by Gasteiger charge is -2.40. The van der Waals surface area contributed by atoms with Gasteiger partial charge in [0.1, 0.15) is 11.5 Å². The Bertz CT molecular complexity index is 775. The summed E-state index contributed by atoms with van der Waals surface area (Å²) in [7, 11) is -3.81. The van der Waals surface area contributed by atoms with Gasteiger partial charge in [-0.15, -0.1) is 0 Å². The zero-order valence-electron chi connectivity index (χ0n) is 23.8. The van der Waals surface area contributed by atoms with Crippen LogP contribution >= 0.6 is 15.9 Å². The van der Waals surface area contributed by atoms with Crippen molar-refractivity contribution in [2.24, 2.45) is 0 Å². The molecule has 0 aliphatic rings. The summed E-state index contributed by atoms with van der Waals surface area (Å²) in [5, 5.41) is 0.331. The van der Waals surface area contributed by atoms with Crippen LogP contribution < -0.4 is 9.16 Å². The molecule has 0 spiro atoms. The van der Waals surface area contributed by atoms with Crippen molar-refractivity contribution >= 4 is 32.6 Å². The predicted octanol–water partition coefficient (Wildman–Crippen LogP) is 9.70. The summed E-state index contributed by atoms with van der Waals surface area (Å²) in [6.45, 7) is 31.3. The topological polar surface area (TPSA) is 27.7 Å². The van der Waals surface area contributed by atoms with E-state index in [-0.39, 0.29) is 15.5 Å². The number of hydrogen-bond donors (Lipinski definition) is 0. The number of rotatable bonds is 11. The Kier molecular flexibility index (Phi) is 10.4. The number of ether oxygens (including phenoxy) is 1. The van der Waals surface area contributed by atoms with Gasteiger partial charge in [0.25, 0.3) is 0 Å². The Morgan fingerprint density at radius 2 is 1.36 bits per heavy atom. The molecule has 0 radical (unpaired) electrons. The minimum atomic E-state index is -2.03. The van der Waals surface area contributed by atoms with Gasteiger partial charge < -0.3 is 13.6 Å². The number of benzene rings is 1. The normalized spacial score (nSPS) is 13.9. The minimum absolute atomic E-state index is 0.110. The van der Waals surface area contributed by atoms with Gasteiger partial charge in [0.2, 0.25) is 8.32 Å². The Morgan fingerprint density at radius 3 is 1.85 bits per heavy atom. The Balaban J connectivity index is 3.32. The van der Waals surface area contributed by atoms with Crippen LogP contribution in [-0.2, 0) is 9.84 Å². The van der Waals surface area contributed by atoms with Crippen LogP contribution in [0.25, 0.3) is 0 Å². The third kappa shape index (κ3) is 8.40. The highest BCUT2D eigenvalue weighted by atomic mass is 79.9. The molecule has 0 aromatic heterocycles. The molecule has 0 atom stereocenters. The molecular weight excluding hydrogens is 508 g/mol. The van der Waals surface area contributed by atoms with E-state index in [1.165, 1.54) is 5.56 Å². The highest BCUT2D eigenvalue weighted by Crippen LogP contribution is 2.46. The molecule has 0 aliphatic heterocycles. The lowest BCUT2D eigenvalue weighted by Crippen LogP contribution is -2.44. The SMILES string of the molecule is CCCCOc1cc(Br)c(C(C)(C)CCO[Si](C)(C)C(C)(C)C)c(O[Si](C)(C)C(C)(C)C)c1. The quantitative estimate of drug-likeness (QED) is 0.199. The zero-order chi connectivity index (χ0) is 25.9. The molecule has 0 saturated carbocycles. The molecule has 0 heterocycles. The average molecular weight is 560 g/mol. The smallest absolute Gasteiger partial charge is 0.250 e. The van der Waals surface area contributed by atoms with E-state index in [0.717, 1.165) is 48.4 Å². The van der Waals surface area contributed by atoms with Crippen LogP contribution in [0, 0.1) is 0 Å². The van der Waals surface area contributed by atoms with Crippen molar-refractivity contribution in [3.8, 4) is 11.5 Å². The highest BCUT2D eigenvalue weighted by Gasteiger charge is 2.41. The number of unbranched alkanes of at least 4 members (excludes halogenated alkanes) is 1. The van der Waals surface area contributed by atoms with Gasteiger partial charge in [0.15, 0.2) is 8.32 Å². The third-order valence-corrected chi connectivity index (χ3v) is 17.1. The average Bonchev–Trinajstić information content (AvgIpc) is 2.58. The fourth-order valence-corrected chi connectivity index (χ4v) is 6.06. The minimum Gasteiger partial charge on any atom is -0.543 e. The summed E-state index contributed by atoms with van der Waals surface area (Å²) in [5.74, 6) is 1.83. The summed E-state index contributed by atoms with van der Waals surface area (Å²) in [6.07, 6.45) is 3.10. The first-order chi connectivity index (χ1) is 14.7. The van der Waals surface area contributed by atoms with E-state index >= 15 is 0 Å². The van der Waals surface area contributed by atoms with Gasteiger partial charge in [-0.2, -0.15) is 0 Å². The lowest BCUT2D eigenvalue weighted by molar-refractivity contribution is 0.249. The summed E-state index contributed by atoms with van der Waals surface area (Å²) in [5.41, 5.74) is 1.11. The maximum Gasteiger partial charge on any atom is 0.250 e. The fourth-order valence-electron chi connectivity index (χ4n) is 3.04. The Labute approximate surface area is 215 Å². The van der Waals surface area contributed by atoms with Crippen molar-refractivity contribution in [3.05, 3.63) is 22.2 Å². The lowest BCUT2D eigenvalue weighted by atomic mass is 9.81. The summed E-state index contributed by atoms with van der Waals surface area (Å²) in [6, 6.07) is 4.23. The van der Waals surface area contributed by atoms with Crippen LogP contribution in [0.15, 0.2) is 16.6 Å². The Morgan fingerprint density at radius 1 is 0.818 bits per heavy atom. The first-order valence-electron chi connectivity index (χ1n) is 12.5. The van der Waals surface area contributed by atoms with E-state index in [9.17, 15) is 0 Å². The summed E-state index contributed by atoms with van der Waals surface area (Å²) < 4.78 is 20.6. The second-order valence-electron chi connectivity index (χ2n) is 13.1. The molecule has 0 unspecified atom stereocenters. The molecule has 192 valence electrons. The van der Waals surface area contributed by atoms with E-state index in [1.54, 1.807) is 0 Å². The summed E-state index contributed by atoms with van der Waals surface area (Å²) in [4.78, 5) is 0. The van der Waals surface area contributed by atoms with Crippen molar-refractivity contribution in [2.75, 3.05) is 13.2 Å². The molecule has 0 N–H and O–H groups in total. The third-order valence-electron chi connectivity index (χ3n) is 7.64. The second kappa shape index (κ2) is 11.2. The molecule has 0 fully saturated rings. The fraction of sp³-hybridized carbons (Fsp3) is 0.778. The molecule has 1 rings (SSSR count). The monoisotopic (exact) mass is 558 g/mol. The van der Waals surface area contributed by atoms with Gasteiger partial charge >= 0.3 is 0 Å². The molecule has 1 aromatic carbocycles. The van der Waals surface area contributed by atoms with Crippen LogP contribution in [0.1, 0.15) is 87.1 Å². The van der Waals surface area contributed by atoms with Gasteiger partial charge in [-0.3, -0.25) is 0 Å². The van der Waals surface area contributed by atoms with E-state index in [4.69, 9.17) is 13.6 Å². The molecule has 6 heteroatoms. The van der Waals surface area contributed by atoms with Crippen molar-refractivity contribution < 1.29 is 13.6 Å². The zero-order valence-corrected chi connectivity index (χ0v) is 27.4. The largest absolute Gasteiger partial charge is 0.543 e. The van der Waals surface area contributed by atoms with E-state index < -0.39 is 16.6 Å². The van der Waals surface area contributed by atoms with E-state index in [2.05, 4.69) is 117 Å².